The van der Waals surface area contributed by atoms with E-state index in [1.807, 2.05) is 6.92 Å². The average Bonchev–Trinajstić information content (AvgIpc) is 3.09. The first kappa shape index (κ1) is 18.4. The van der Waals surface area contributed by atoms with Crippen LogP contribution in [-0.4, -0.2) is 62.9 Å². The summed E-state index contributed by atoms with van der Waals surface area (Å²) in [7, 11) is -3.39. The molecule has 0 radical (unpaired) electrons. The minimum absolute atomic E-state index is 0. The Morgan fingerprint density at radius 2 is 2.00 bits per heavy atom. The number of aryl methyl sites for hydroxylation is 1. The number of nitrogens with zero attached hydrogens (tertiary/aromatic N) is 2. The van der Waals surface area contributed by atoms with Crippen LogP contribution in [0.3, 0.4) is 0 Å². The maximum absolute atomic E-state index is 12.7. The van der Waals surface area contributed by atoms with Gasteiger partial charge in [-0.15, -0.1) is 23.7 Å². The van der Waals surface area contributed by atoms with E-state index < -0.39 is 10.0 Å². The van der Waals surface area contributed by atoms with Gasteiger partial charge in [-0.1, -0.05) is 11.6 Å². The van der Waals surface area contributed by atoms with E-state index in [4.69, 9.17) is 11.6 Å². The molecule has 0 spiro atoms. The highest BCUT2D eigenvalue weighted by atomic mass is 35.5. The van der Waals surface area contributed by atoms with Gasteiger partial charge in [-0.05, 0) is 25.0 Å². The molecule has 0 aliphatic carbocycles. The van der Waals surface area contributed by atoms with Crippen molar-refractivity contribution in [3.05, 3.63) is 16.0 Å². The van der Waals surface area contributed by atoms with Crippen LogP contribution >= 0.6 is 35.3 Å². The molecule has 0 bridgehead atoms. The first-order valence-corrected chi connectivity index (χ1v) is 9.83. The van der Waals surface area contributed by atoms with Crippen LogP contribution in [-0.2, 0) is 10.0 Å². The van der Waals surface area contributed by atoms with Crippen LogP contribution in [0.15, 0.2) is 10.3 Å². The highest BCUT2D eigenvalue weighted by Gasteiger charge is 2.36. The summed E-state index contributed by atoms with van der Waals surface area (Å²) in [6.07, 6.45) is 0.914. The molecule has 1 atom stereocenters. The zero-order chi connectivity index (χ0) is 15.0. The van der Waals surface area contributed by atoms with Gasteiger partial charge in [-0.25, -0.2) is 8.42 Å². The average molecular weight is 386 g/mol. The molecule has 3 heterocycles. The Labute approximate surface area is 147 Å². The van der Waals surface area contributed by atoms with Gasteiger partial charge in [0.1, 0.15) is 4.21 Å². The Hall–Kier alpha value is 0.110. The quantitative estimate of drug-likeness (QED) is 0.861. The molecule has 126 valence electrons. The van der Waals surface area contributed by atoms with Crippen molar-refractivity contribution in [2.45, 2.75) is 23.6 Å². The molecule has 2 fully saturated rings. The lowest BCUT2D eigenvalue weighted by atomic mass is 10.2. The van der Waals surface area contributed by atoms with Crippen LogP contribution in [0.1, 0.15) is 12.0 Å². The van der Waals surface area contributed by atoms with Crippen molar-refractivity contribution >= 4 is 45.4 Å². The van der Waals surface area contributed by atoms with Gasteiger partial charge in [-0.2, -0.15) is 4.31 Å². The van der Waals surface area contributed by atoms with E-state index in [0.717, 1.165) is 49.5 Å². The SMILES string of the molecule is Cc1cc(S(=O)(=O)N2CCC(N3CCNCC3)C2)sc1Cl.Cl. The van der Waals surface area contributed by atoms with Crippen molar-refractivity contribution < 1.29 is 8.42 Å². The molecule has 2 aliphatic rings. The Bertz CT molecular complexity index is 595. The molecule has 0 aromatic carbocycles. The third-order valence-electron chi connectivity index (χ3n) is 4.22. The van der Waals surface area contributed by atoms with Crippen LogP contribution in [0.2, 0.25) is 4.34 Å². The summed E-state index contributed by atoms with van der Waals surface area (Å²) in [4.78, 5) is 2.40. The highest BCUT2D eigenvalue weighted by molar-refractivity contribution is 7.91. The first-order valence-electron chi connectivity index (χ1n) is 7.19. The van der Waals surface area contributed by atoms with E-state index in [1.54, 1.807) is 10.4 Å². The first-order chi connectivity index (χ1) is 9.98. The summed E-state index contributed by atoms with van der Waals surface area (Å²) in [5, 5.41) is 3.33. The highest BCUT2D eigenvalue weighted by Crippen LogP contribution is 2.33. The molecule has 1 aromatic rings. The zero-order valence-electron chi connectivity index (χ0n) is 12.4. The van der Waals surface area contributed by atoms with Gasteiger partial charge in [0.05, 0.1) is 4.34 Å². The van der Waals surface area contributed by atoms with Crippen molar-refractivity contribution in [3.8, 4) is 0 Å². The maximum Gasteiger partial charge on any atom is 0.252 e. The molecule has 1 unspecified atom stereocenters. The monoisotopic (exact) mass is 385 g/mol. The molecule has 2 aliphatic heterocycles. The van der Waals surface area contributed by atoms with Gasteiger partial charge in [0.15, 0.2) is 0 Å². The number of hydrogen-bond acceptors (Lipinski definition) is 5. The minimum atomic E-state index is -3.39. The number of thiophene rings is 1. The van der Waals surface area contributed by atoms with Crippen LogP contribution in [0.25, 0.3) is 0 Å². The molecule has 22 heavy (non-hydrogen) atoms. The Morgan fingerprint density at radius 3 is 2.59 bits per heavy atom. The number of hydrogen-bond donors (Lipinski definition) is 1. The summed E-state index contributed by atoms with van der Waals surface area (Å²) in [5.74, 6) is 0. The molecule has 2 saturated heterocycles. The van der Waals surface area contributed by atoms with Crippen molar-refractivity contribution in [3.63, 3.8) is 0 Å². The molecule has 5 nitrogen and oxygen atoms in total. The standard InChI is InChI=1S/C13H20ClN3O2S2.ClH/c1-10-8-12(20-13(10)14)21(18,19)17-5-2-11(9-17)16-6-3-15-4-7-16;/h8,11,15H,2-7,9H2,1H3;1H. The maximum atomic E-state index is 12.7. The number of piperazine rings is 1. The normalized spacial score (nSPS) is 24.4. The lowest BCUT2D eigenvalue weighted by Gasteiger charge is -2.32. The fourth-order valence-corrected chi connectivity index (χ4v) is 6.32. The van der Waals surface area contributed by atoms with E-state index >= 15 is 0 Å². The van der Waals surface area contributed by atoms with E-state index in [2.05, 4.69) is 10.2 Å². The van der Waals surface area contributed by atoms with Crippen LogP contribution in [0.4, 0.5) is 0 Å². The van der Waals surface area contributed by atoms with Crippen molar-refractivity contribution in [1.82, 2.24) is 14.5 Å². The van der Waals surface area contributed by atoms with Gasteiger partial charge >= 0.3 is 0 Å². The van der Waals surface area contributed by atoms with Crippen LogP contribution in [0, 0.1) is 6.92 Å². The van der Waals surface area contributed by atoms with Crippen LogP contribution < -0.4 is 5.32 Å². The largest absolute Gasteiger partial charge is 0.314 e. The summed E-state index contributed by atoms with van der Waals surface area (Å²) in [5.41, 5.74) is 0.832. The topological polar surface area (TPSA) is 52.7 Å². The van der Waals surface area contributed by atoms with Crippen molar-refractivity contribution in [2.75, 3.05) is 39.3 Å². The zero-order valence-corrected chi connectivity index (χ0v) is 15.6. The third kappa shape index (κ3) is 3.61. The fraction of sp³-hybridized carbons (Fsp3) is 0.692. The van der Waals surface area contributed by atoms with E-state index in [9.17, 15) is 8.42 Å². The van der Waals surface area contributed by atoms with Gasteiger partial charge in [0.2, 0.25) is 0 Å². The number of nitrogens with one attached hydrogen (secondary N) is 1. The van der Waals surface area contributed by atoms with Gasteiger partial charge in [-0.3, -0.25) is 4.90 Å². The van der Waals surface area contributed by atoms with Gasteiger partial charge in [0.25, 0.3) is 10.0 Å². The summed E-state index contributed by atoms with van der Waals surface area (Å²) >= 11 is 7.17. The van der Waals surface area contributed by atoms with Crippen molar-refractivity contribution in [2.24, 2.45) is 0 Å². The summed E-state index contributed by atoms with van der Waals surface area (Å²) in [6.45, 7) is 7.02. The van der Waals surface area contributed by atoms with Crippen molar-refractivity contribution in [1.29, 1.82) is 0 Å². The fourth-order valence-electron chi connectivity index (χ4n) is 2.96. The molecule has 1 aromatic heterocycles. The predicted octanol–water partition coefficient (Wildman–Crippen LogP) is 1.80. The second-order valence-corrected chi connectivity index (χ2v) is 9.43. The lowest BCUT2D eigenvalue weighted by molar-refractivity contribution is 0.179. The Balaban J connectivity index is 0.00000176. The molecule has 9 heteroatoms. The van der Waals surface area contributed by atoms with Gasteiger partial charge in [0, 0.05) is 45.3 Å². The van der Waals surface area contributed by atoms with E-state index in [1.165, 1.54) is 0 Å². The number of rotatable bonds is 3. The molecule has 3 rings (SSSR count). The van der Waals surface area contributed by atoms with Gasteiger partial charge < -0.3 is 5.32 Å². The smallest absolute Gasteiger partial charge is 0.252 e. The summed E-state index contributed by atoms with van der Waals surface area (Å²) in [6, 6.07) is 2.03. The van der Waals surface area contributed by atoms with Crippen LogP contribution in [0.5, 0.6) is 0 Å². The lowest BCUT2D eigenvalue weighted by Crippen LogP contribution is -2.49. The minimum Gasteiger partial charge on any atom is -0.314 e. The molecular formula is C13H21Cl2N3O2S2. The molecule has 0 amide bonds. The Kier molecular flexibility index (Phi) is 6.15. The molecular weight excluding hydrogens is 365 g/mol. The third-order valence-corrected chi connectivity index (χ3v) is 8.09. The molecule has 0 saturated carbocycles. The predicted molar refractivity (Wildman–Crippen MR) is 92.9 cm³/mol. The molecule has 1 N–H and O–H groups in total. The second kappa shape index (κ2) is 7.34. The summed E-state index contributed by atoms with van der Waals surface area (Å²) < 4.78 is 27.9. The van der Waals surface area contributed by atoms with E-state index in [-0.39, 0.29) is 12.4 Å². The Morgan fingerprint density at radius 1 is 1.32 bits per heavy atom. The number of halogens is 2. The van der Waals surface area contributed by atoms with E-state index in [0.29, 0.717) is 27.7 Å². The number of sulfonamides is 1. The second-order valence-electron chi connectivity index (χ2n) is 5.61.